The van der Waals surface area contributed by atoms with Gasteiger partial charge in [0.2, 0.25) is 0 Å². The number of halogens is 1. The standard InChI is InChI=1S/C17H25ClO2/c1-12-8-16(2,3)11-17(19,9-12)10-13-7-14(18)5-6-15(13)20-4/h5-7,12,19H,8-11H2,1-4H3. The van der Waals surface area contributed by atoms with Crippen molar-refractivity contribution in [2.75, 3.05) is 7.11 Å². The third-order valence-corrected chi connectivity index (χ3v) is 4.43. The zero-order chi connectivity index (χ0) is 15.0. The molecule has 1 fully saturated rings. The van der Waals surface area contributed by atoms with Crippen molar-refractivity contribution in [3.63, 3.8) is 0 Å². The van der Waals surface area contributed by atoms with Gasteiger partial charge in [-0.3, -0.25) is 0 Å². The summed E-state index contributed by atoms with van der Waals surface area (Å²) in [5, 5.41) is 11.7. The van der Waals surface area contributed by atoms with Gasteiger partial charge in [0.15, 0.2) is 0 Å². The molecule has 0 heterocycles. The molecule has 1 aromatic rings. The van der Waals surface area contributed by atoms with Crippen molar-refractivity contribution in [2.45, 2.75) is 52.1 Å². The monoisotopic (exact) mass is 296 g/mol. The van der Waals surface area contributed by atoms with Gasteiger partial charge in [0.05, 0.1) is 12.7 Å². The number of aliphatic hydroxyl groups is 1. The lowest BCUT2D eigenvalue weighted by atomic mass is 9.64. The molecule has 0 spiro atoms. The summed E-state index contributed by atoms with van der Waals surface area (Å²) >= 11 is 6.08. The molecule has 0 aliphatic heterocycles. The minimum atomic E-state index is -0.668. The van der Waals surface area contributed by atoms with Crippen LogP contribution in [0.5, 0.6) is 5.75 Å². The van der Waals surface area contributed by atoms with Crippen LogP contribution in [0, 0.1) is 11.3 Å². The summed E-state index contributed by atoms with van der Waals surface area (Å²) in [6.45, 7) is 6.70. The zero-order valence-corrected chi connectivity index (χ0v) is 13.6. The van der Waals surface area contributed by atoms with Gasteiger partial charge in [0, 0.05) is 11.4 Å². The van der Waals surface area contributed by atoms with E-state index in [0.717, 1.165) is 24.2 Å². The Morgan fingerprint density at radius 3 is 2.65 bits per heavy atom. The van der Waals surface area contributed by atoms with E-state index in [1.165, 1.54) is 6.42 Å². The second kappa shape index (κ2) is 5.57. The van der Waals surface area contributed by atoms with Crippen molar-refractivity contribution < 1.29 is 9.84 Å². The molecule has 2 nitrogen and oxygen atoms in total. The quantitative estimate of drug-likeness (QED) is 0.892. The van der Waals surface area contributed by atoms with Crippen LogP contribution < -0.4 is 4.74 Å². The molecule has 2 atom stereocenters. The van der Waals surface area contributed by atoms with Gasteiger partial charge < -0.3 is 9.84 Å². The van der Waals surface area contributed by atoms with E-state index in [0.29, 0.717) is 17.4 Å². The van der Waals surface area contributed by atoms with Gasteiger partial charge in [0.1, 0.15) is 5.75 Å². The fraction of sp³-hybridized carbons (Fsp3) is 0.647. The molecule has 1 aliphatic rings. The topological polar surface area (TPSA) is 29.5 Å². The van der Waals surface area contributed by atoms with E-state index in [4.69, 9.17) is 16.3 Å². The minimum absolute atomic E-state index is 0.179. The molecule has 1 saturated carbocycles. The Morgan fingerprint density at radius 2 is 2.05 bits per heavy atom. The first kappa shape index (κ1) is 15.7. The van der Waals surface area contributed by atoms with Gasteiger partial charge >= 0.3 is 0 Å². The summed E-state index contributed by atoms with van der Waals surface area (Å²) in [6, 6.07) is 5.60. The molecular formula is C17H25ClO2. The first-order valence-electron chi connectivity index (χ1n) is 7.28. The van der Waals surface area contributed by atoms with Crippen molar-refractivity contribution in [3.05, 3.63) is 28.8 Å². The fourth-order valence-corrected chi connectivity index (χ4v) is 4.27. The van der Waals surface area contributed by atoms with E-state index in [1.807, 2.05) is 18.2 Å². The normalized spacial score (nSPS) is 29.2. The van der Waals surface area contributed by atoms with E-state index in [1.54, 1.807) is 7.11 Å². The SMILES string of the molecule is COc1ccc(Cl)cc1CC1(O)CC(C)CC(C)(C)C1. The molecule has 0 aromatic heterocycles. The van der Waals surface area contributed by atoms with Crippen LogP contribution in [-0.2, 0) is 6.42 Å². The summed E-state index contributed by atoms with van der Waals surface area (Å²) in [6.07, 6.45) is 3.43. The fourth-order valence-electron chi connectivity index (χ4n) is 4.07. The maximum absolute atomic E-state index is 11.0. The maximum Gasteiger partial charge on any atom is 0.122 e. The van der Waals surface area contributed by atoms with E-state index >= 15 is 0 Å². The third-order valence-electron chi connectivity index (χ3n) is 4.20. The number of hydrogen-bond donors (Lipinski definition) is 1. The maximum atomic E-state index is 11.0. The average molecular weight is 297 g/mol. The van der Waals surface area contributed by atoms with Crippen LogP contribution in [-0.4, -0.2) is 17.8 Å². The lowest BCUT2D eigenvalue weighted by Crippen LogP contribution is -2.43. The first-order chi connectivity index (χ1) is 9.23. The van der Waals surface area contributed by atoms with E-state index in [-0.39, 0.29) is 5.41 Å². The number of ether oxygens (including phenoxy) is 1. The number of rotatable bonds is 3. The van der Waals surface area contributed by atoms with Crippen LogP contribution in [0.25, 0.3) is 0 Å². The predicted octanol–water partition coefficient (Wildman–Crippen LogP) is 4.47. The molecule has 2 rings (SSSR count). The smallest absolute Gasteiger partial charge is 0.122 e. The van der Waals surface area contributed by atoms with Gasteiger partial charge in [-0.15, -0.1) is 0 Å². The molecule has 3 heteroatoms. The van der Waals surface area contributed by atoms with Gasteiger partial charge in [-0.2, -0.15) is 0 Å². The third kappa shape index (κ3) is 3.67. The summed E-state index contributed by atoms with van der Waals surface area (Å²) in [5.41, 5.74) is 0.504. The highest BCUT2D eigenvalue weighted by Gasteiger charge is 2.41. The summed E-state index contributed by atoms with van der Waals surface area (Å²) in [4.78, 5) is 0. The summed E-state index contributed by atoms with van der Waals surface area (Å²) in [5.74, 6) is 1.34. The van der Waals surface area contributed by atoms with Gasteiger partial charge in [-0.05, 0) is 54.4 Å². The summed E-state index contributed by atoms with van der Waals surface area (Å²) in [7, 11) is 1.66. The Labute approximate surface area is 127 Å². The Hall–Kier alpha value is -0.730. The molecule has 20 heavy (non-hydrogen) atoms. The van der Waals surface area contributed by atoms with Crippen LogP contribution in [0.1, 0.15) is 45.6 Å². The number of methoxy groups -OCH3 is 1. The Bertz CT molecular complexity index is 484. The molecule has 0 saturated heterocycles. The average Bonchev–Trinajstić information content (AvgIpc) is 2.24. The number of hydrogen-bond acceptors (Lipinski definition) is 2. The van der Waals surface area contributed by atoms with Gasteiger partial charge in [0.25, 0.3) is 0 Å². The van der Waals surface area contributed by atoms with E-state index < -0.39 is 5.60 Å². The largest absolute Gasteiger partial charge is 0.496 e. The van der Waals surface area contributed by atoms with Crippen LogP contribution in [0.3, 0.4) is 0 Å². The summed E-state index contributed by atoms with van der Waals surface area (Å²) < 4.78 is 5.40. The molecule has 1 aromatic carbocycles. The second-order valence-corrected chi connectivity index (χ2v) is 7.65. The molecule has 1 aliphatic carbocycles. The molecular weight excluding hydrogens is 272 g/mol. The minimum Gasteiger partial charge on any atom is -0.496 e. The van der Waals surface area contributed by atoms with Crippen molar-refractivity contribution in [1.82, 2.24) is 0 Å². The second-order valence-electron chi connectivity index (χ2n) is 7.21. The molecule has 1 N–H and O–H groups in total. The Kier molecular flexibility index (Phi) is 4.36. The Balaban J connectivity index is 2.26. The molecule has 0 amide bonds. The highest BCUT2D eigenvalue weighted by Crippen LogP contribution is 2.45. The van der Waals surface area contributed by atoms with Crippen molar-refractivity contribution >= 4 is 11.6 Å². The van der Waals surface area contributed by atoms with Crippen molar-refractivity contribution in [1.29, 1.82) is 0 Å². The van der Waals surface area contributed by atoms with Crippen LogP contribution in [0.4, 0.5) is 0 Å². The van der Waals surface area contributed by atoms with Crippen LogP contribution >= 0.6 is 11.6 Å². The lowest BCUT2D eigenvalue weighted by Gasteiger charge is -2.45. The first-order valence-corrected chi connectivity index (χ1v) is 7.66. The molecule has 0 radical (unpaired) electrons. The molecule has 0 bridgehead atoms. The van der Waals surface area contributed by atoms with Crippen molar-refractivity contribution in [3.8, 4) is 5.75 Å². The van der Waals surface area contributed by atoms with E-state index in [9.17, 15) is 5.11 Å². The molecule has 2 unspecified atom stereocenters. The van der Waals surface area contributed by atoms with Gasteiger partial charge in [-0.25, -0.2) is 0 Å². The van der Waals surface area contributed by atoms with Crippen molar-refractivity contribution in [2.24, 2.45) is 11.3 Å². The van der Waals surface area contributed by atoms with Gasteiger partial charge in [-0.1, -0.05) is 32.4 Å². The molecule has 112 valence electrons. The van der Waals surface area contributed by atoms with Crippen LogP contribution in [0.15, 0.2) is 18.2 Å². The number of benzene rings is 1. The van der Waals surface area contributed by atoms with E-state index in [2.05, 4.69) is 20.8 Å². The van der Waals surface area contributed by atoms with Crippen LogP contribution in [0.2, 0.25) is 5.02 Å². The Morgan fingerprint density at radius 1 is 1.35 bits per heavy atom. The highest BCUT2D eigenvalue weighted by molar-refractivity contribution is 6.30. The highest BCUT2D eigenvalue weighted by atomic mass is 35.5. The lowest BCUT2D eigenvalue weighted by molar-refractivity contribution is -0.0577. The predicted molar refractivity (Wildman–Crippen MR) is 83.5 cm³/mol. The zero-order valence-electron chi connectivity index (χ0n) is 12.9.